The highest BCUT2D eigenvalue weighted by Gasteiger charge is 2.08. The zero-order valence-corrected chi connectivity index (χ0v) is 9.40. The molecule has 0 aliphatic carbocycles. The number of hydrogen-bond acceptors (Lipinski definition) is 2. The van der Waals surface area contributed by atoms with Gasteiger partial charge in [0.25, 0.3) is 0 Å². The number of hydrogen-bond donors (Lipinski definition) is 1. The van der Waals surface area contributed by atoms with Crippen LogP contribution in [0.1, 0.15) is 45.2 Å². The second kappa shape index (κ2) is 5.15. The minimum atomic E-state index is 0.151. The Kier molecular flexibility index (Phi) is 4.14. The second-order valence-corrected chi connectivity index (χ2v) is 4.21. The van der Waals surface area contributed by atoms with Gasteiger partial charge in [0.1, 0.15) is 0 Å². The molecular formula is C11H21N3. The minimum Gasteiger partial charge on any atom is -0.324 e. The predicted molar refractivity (Wildman–Crippen MR) is 58.9 cm³/mol. The van der Waals surface area contributed by atoms with E-state index >= 15 is 0 Å². The second-order valence-electron chi connectivity index (χ2n) is 4.21. The van der Waals surface area contributed by atoms with Crippen molar-refractivity contribution in [3.8, 4) is 0 Å². The van der Waals surface area contributed by atoms with Crippen molar-refractivity contribution in [2.75, 3.05) is 0 Å². The fraction of sp³-hybridized carbons (Fsp3) is 0.727. The number of rotatable bonds is 5. The third-order valence-corrected chi connectivity index (χ3v) is 2.46. The first-order chi connectivity index (χ1) is 6.63. The van der Waals surface area contributed by atoms with Crippen molar-refractivity contribution in [2.24, 2.45) is 11.7 Å². The normalized spacial score (nSPS) is 13.5. The van der Waals surface area contributed by atoms with Gasteiger partial charge in [-0.05, 0) is 25.7 Å². The van der Waals surface area contributed by atoms with E-state index in [-0.39, 0.29) is 6.04 Å². The quantitative estimate of drug-likeness (QED) is 0.783. The van der Waals surface area contributed by atoms with Gasteiger partial charge in [-0.25, -0.2) is 0 Å². The third-order valence-electron chi connectivity index (χ3n) is 2.46. The Morgan fingerprint density at radius 3 is 2.64 bits per heavy atom. The Labute approximate surface area is 86.3 Å². The summed E-state index contributed by atoms with van der Waals surface area (Å²) in [6.45, 7) is 7.44. The summed E-state index contributed by atoms with van der Waals surface area (Å²) in [5, 5.41) is 4.22. The van der Waals surface area contributed by atoms with Crippen molar-refractivity contribution in [3.63, 3.8) is 0 Å². The molecule has 0 radical (unpaired) electrons. The van der Waals surface area contributed by atoms with Crippen LogP contribution in [0.3, 0.4) is 0 Å². The summed E-state index contributed by atoms with van der Waals surface area (Å²) >= 11 is 0. The molecular weight excluding hydrogens is 174 g/mol. The Morgan fingerprint density at radius 2 is 2.14 bits per heavy atom. The summed E-state index contributed by atoms with van der Waals surface area (Å²) in [7, 11) is 0. The van der Waals surface area contributed by atoms with E-state index in [2.05, 4.69) is 25.9 Å². The zero-order valence-electron chi connectivity index (χ0n) is 9.40. The molecule has 80 valence electrons. The number of nitrogens with two attached hydrogens (primary N) is 1. The maximum Gasteiger partial charge on any atom is 0.0537 e. The molecule has 0 aromatic carbocycles. The lowest BCUT2D eigenvalue weighted by atomic mass is 10.0. The average molecular weight is 195 g/mol. The Bertz CT molecular complexity index is 265. The first-order valence-corrected chi connectivity index (χ1v) is 5.41. The van der Waals surface area contributed by atoms with E-state index in [9.17, 15) is 0 Å². The molecule has 0 saturated carbocycles. The average Bonchev–Trinajstić information content (AvgIpc) is 2.62. The van der Waals surface area contributed by atoms with Gasteiger partial charge in [0.05, 0.1) is 6.20 Å². The lowest BCUT2D eigenvalue weighted by Gasteiger charge is -2.10. The standard InChI is InChI=1S/C11H21N3/c1-4-14-8-10(7-13-14)11(12)6-5-9(2)3/h7-9,11H,4-6,12H2,1-3H3. The molecule has 1 aromatic rings. The minimum absolute atomic E-state index is 0.151. The van der Waals surface area contributed by atoms with Crippen LogP contribution in [0.4, 0.5) is 0 Å². The Hall–Kier alpha value is -0.830. The maximum atomic E-state index is 6.06. The summed E-state index contributed by atoms with van der Waals surface area (Å²) < 4.78 is 1.92. The molecule has 0 amide bonds. The van der Waals surface area contributed by atoms with Crippen LogP contribution in [0, 0.1) is 5.92 Å². The Morgan fingerprint density at radius 1 is 1.43 bits per heavy atom. The van der Waals surface area contributed by atoms with Gasteiger partial charge in [-0.1, -0.05) is 13.8 Å². The fourth-order valence-corrected chi connectivity index (χ4v) is 1.42. The largest absolute Gasteiger partial charge is 0.324 e. The number of aromatic nitrogens is 2. The van der Waals surface area contributed by atoms with Crippen LogP contribution in [-0.2, 0) is 6.54 Å². The van der Waals surface area contributed by atoms with Gasteiger partial charge >= 0.3 is 0 Å². The highest BCUT2D eigenvalue weighted by molar-refractivity contribution is 5.09. The Balaban J connectivity index is 2.47. The molecule has 3 nitrogen and oxygen atoms in total. The summed E-state index contributed by atoms with van der Waals surface area (Å²) in [4.78, 5) is 0. The van der Waals surface area contributed by atoms with Crippen LogP contribution in [0.15, 0.2) is 12.4 Å². The van der Waals surface area contributed by atoms with Crippen molar-refractivity contribution in [2.45, 2.75) is 46.2 Å². The topological polar surface area (TPSA) is 43.8 Å². The first kappa shape index (κ1) is 11.2. The lowest BCUT2D eigenvalue weighted by Crippen LogP contribution is -2.10. The van der Waals surface area contributed by atoms with Crippen LogP contribution in [-0.4, -0.2) is 9.78 Å². The number of aryl methyl sites for hydroxylation is 1. The molecule has 0 spiro atoms. The van der Waals surface area contributed by atoms with Crippen LogP contribution < -0.4 is 5.73 Å². The fourth-order valence-electron chi connectivity index (χ4n) is 1.42. The van der Waals surface area contributed by atoms with E-state index in [1.54, 1.807) is 0 Å². The summed E-state index contributed by atoms with van der Waals surface area (Å²) in [6, 6.07) is 0.151. The molecule has 0 fully saturated rings. The van der Waals surface area contributed by atoms with E-state index in [0.717, 1.165) is 24.4 Å². The highest BCUT2D eigenvalue weighted by Crippen LogP contribution is 2.17. The van der Waals surface area contributed by atoms with Gasteiger partial charge in [0.15, 0.2) is 0 Å². The van der Waals surface area contributed by atoms with Gasteiger partial charge in [0, 0.05) is 24.3 Å². The van der Waals surface area contributed by atoms with Gasteiger partial charge < -0.3 is 5.73 Å². The molecule has 0 bridgehead atoms. The van der Waals surface area contributed by atoms with E-state index < -0.39 is 0 Å². The predicted octanol–water partition coefficient (Wildman–Crippen LogP) is 2.34. The molecule has 3 heteroatoms. The monoisotopic (exact) mass is 195 g/mol. The van der Waals surface area contributed by atoms with Gasteiger partial charge in [-0.2, -0.15) is 5.10 Å². The highest BCUT2D eigenvalue weighted by atomic mass is 15.3. The van der Waals surface area contributed by atoms with Gasteiger partial charge in [-0.15, -0.1) is 0 Å². The number of nitrogens with zero attached hydrogens (tertiary/aromatic N) is 2. The van der Waals surface area contributed by atoms with Crippen LogP contribution in [0.2, 0.25) is 0 Å². The van der Waals surface area contributed by atoms with E-state index in [4.69, 9.17) is 5.73 Å². The van der Waals surface area contributed by atoms with Crippen molar-refractivity contribution < 1.29 is 0 Å². The molecule has 1 atom stereocenters. The summed E-state index contributed by atoms with van der Waals surface area (Å²) in [5.41, 5.74) is 7.22. The molecule has 1 aromatic heterocycles. The summed E-state index contributed by atoms with van der Waals surface area (Å²) in [5.74, 6) is 0.724. The van der Waals surface area contributed by atoms with E-state index in [1.165, 1.54) is 6.42 Å². The van der Waals surface area contributed by atoms with Crippen LogP contribution >= 0.6 is 0 Å². The van der Waals surface area contributed by atoms with E-state index in [0.29, 0.717) is 0 Å². The van der Waals surface area contributed by atoms with Crippen molar-refractivity contribution in [3.05, 3.63) is 18.0 Å². The van der Waals surface area contributed by atoms with Crippen LogP contribution in [0.5, 0.6) is 0 Å². The lowest BCUT2D eigenvalue weighted by molar-refractivity contribution is 0.507. The molecule has 0 aliphatic rings. The van der Waals surface area contributed by atoms with Gasteiger partial charge in [0.2, 0.25) is 0 Å². The third kappa shape index (κ3) is 3.14. The SMILES string of the molecule is CCn1cc(C(N)CCC(C)C)cn1. The molecule has 0 saturated heterocycles. The van der Waals surface area contributed by atoms with Crippen molar-refractivity contribution >= 4 is 0 Å². The molecule has 2 N–H and O–H groups in total. The summed E-state index contributed by atoms with van der Waals surface area (Å²) in [6.07, 6.45) is 6.16. The molecule has 14 heavy (non-hydrogen) atoms. The van der Waals surface area contributed by atoms with Crippen LogP contribution in [0.25, 0.3) is 0 Å². The first-order valence-electron chi connectivity index (χ1n) is 5.41. The van der Waals surface area contributed by atoms with Crippen molar-refractivity contribution in [1.29, 1.82) is 0 Å². The van der Waals surface area contributed by atoms with Gasteiger partial charge in [-0.3, -0.25) is 4.68 Å². The smallest absolute Gasteiger partial charge is 0.0537 e. The zero-order chi connectivity index (χ0) is 10.6. The maximum absolute atomic E-state index is 6.06. The molecule has 1 rings (SSSR count). The van der Waals surface area contributed by atoms with Crippen molar-refractivity contribution in [1.82, 2.24) is 9.78 Å². The van der Waals surface area contributed by atoms with E-state index in [1.807, 2.05) is 17.1 Å². The molecule has 0 aliphatic heterocycles. The molecule has 1 unspecified atom stereocenters. The molecule has 1 heterocycles.